The van der Waals surface area contributed by atoms with Crippen LogP contribution in [0.1, 0.15) is 49.2 Å². The molecule has 0 saturated carbocycles. The summed E-state index contributed by atoms with van der Waals surface area (Å²) in [7, 11) is 0. The van der Waals surface area contributed by atoms with Gasteiger partial charge < -0.3 is 25.3 Å². The minimum absolute atomic E-state index is 0.0189. The largest absolute Gasteiger partial charge is 0.508 e. The van der Waals surface area contributed by atoms with E-state index in [4.69, 9.17) is 0 Å². The second-order valence-electron chi connectivity index (χ2n) is 9.64. The molecule has 2 aromatic rings. The second-order valence-corrected chi connectivity index (χ2v) is 10.9. The molecule has 1 aliphatic heterocycles. The number of carbonyl (C=O) groups excluding carboxylic acids is 3. The molecule has 3 amide bonds. The molecule has 2 aromatic carbocycles. The summed E-state index contributed by atoms with van der Waals surface area (Å²) in [5, 5.41) is 24.0. The Morgan fingerprint density at radius 1 is 1.16 bits per heavy atom. The summed E-state index contributed by atoms with van der Waals surface area (Å²) < 4.78 is 0. The number of rotatable bonds is 8. The molecule has 9 heteroatoms. The van der Waals surface area contributed by atoms with Gasteiger partial charge in [-0.15, -0.1) is 11.8 Å². The van der Waals surface area contributed by atoms with Gasteiger partial charge in [-0.1, -0.05) is 48.0 Å². The first-order valence-electron chi connectivity index (χ1n) is 12.7. The number of phenols is 1. The van der Waals surface area contributed by atoms with E-state index in [0.29, 0.717) is 12.1 Å². The lowest BCUT2D eigenvalue weighted by atomic mass is 9.98. The van der Waals surface area contributed by atoms with Crippen molar-refractivity contribution < 1.29 is 24.6 Å². The van der Waals surface area contributed by atoms with Gasteiger partial charge in [-0.3, -0.25) is 14.4 Å². The highest BCUT2D eigenvalue weighted by molar-refractivity contribution is 7.99. The van der Waals surface area contributed by atoms with E-state index < -0.39 is 30.0 Å². The molecule has 8 nitrogen and oxygen atoms in total. The van der Waals surface area contributed by atoms with Gasteiger partial charge in [0, 0.05) is 17.7 Å². The molecule has 3 rings (SSSR count). The SMILES string of the molecule is C/C=C(/C)CN1C(=O)[C@H](C)N(C(=O)[C@@H](O)[C@H](Cc2ccccc2)NC(=O)c2cccc(O)c2C)CSC1C. The highest BCUT2D eigenvalue weighted by Crippen LogP contribution is 2.27. The van der Waals surface area contributed by atoms with Crippen molar-refractivity contribution in [3.8, 4) is 5.75 Å². The molecule has 1 saturated heterocycles. The molecule has 4 atom stereocenters. The van der Waals surface area contributed by atoms with Crippen molar-refractivity contribution in [3.63, 3.8) is 0 Å². The van der Waals surface area contributed by atoms with Gasteiger partial charge in [-0.05, 0) is 58.7 Å². The summed E-state index contributed by atoms with van der Waals surface area (Å²) in [6.07, 6.45) is 0.563. The second kappa shape index (κ2) is 13.0. The zero-order valence-corrected chi connectivity index (χ0v) is 23.4. The lowest BCUT2D eigenvalue weighted by Gasteiger charge is -2.32. The van der Waals surface area contributed by atoms with Crippen LogP contribution < -0.4 is 5.32 Å². The molecule has 0 spiro atoms. The maximum Gasteiger partial charge on any atom is 0.254 e. The van der Waals surface area contributed by atoms with Crippen LogP contribution in [0.25, 0.3) is 0 Å². The Hall–Kier alpha value is -3.30. The van der Waals surface area contributed by atoms with E-state index in [1.54, 1.807) is 30.9 Å². The van der Waals surface area contributed by atoms with E-state index in [1.165, 1.54) is 22.7 Å². The number of nitrogens with zero attached hydrogens (tertiary/aromatic N) is 2. The molecule has 0 aromatic heterocycles. The average molecular weight is 540 g/mol. The molecular formula is C29H37N3O5S. The zero-order valence-electron chi connectivity index (χ0n) is 22.5. The van der Waals surface area contributed by atoms with Crippen LogP contribution in [0.4, 0.5) is 0 Å². The number of amides is 3. The van der Waals surface area contributed by atoms with Crippen LogP contribution in [0.2, 0.25) is 0 Å². The van der Waals surface area contributed by atoms with Crippen molar-refractivity contribution >= 4 is 29.5 Å². The number of thioether (sulfide) groups is 1. The number of carbonyl (C=O) groups is 3. The van der Waals surface area contributed by atoms with Crippen LogP contribution in [0.15, 0.2) is 60.2 Å². The highest BCUT2D eigenvalue weighted by Gasteiger charge is 2.40. The number of nitrogens with one attached hydrogen (secondary N) is 1. The van der Waals surface area contributed by atoms with Crippen LogP contribution >= 0.6 is 11.8 Å². The van der Waals surface area contributed by atoms with E-state index >= 15 is 0 Å². The maximum absolute atomic E-state index is 13.7. The summed E-state index contributed by atoms with van der Waals surface area (Å²) in [6.45, 7) is 9.57. The minimum atomic E-state index is -1.59. The number of hydrogen-bond donors (Lipinski definition) is 3. The summed E-state index contributed by atoms with van der Waals surface area (Å²) >= 11 is 1.45. The van der Waals surface area contributed by atoms with Gasteiger partial charge in [0.15, 0.2) is 6.10 Å². The zero-order chi connectivity index (χ0) is 28.0. The van der Waals surface area contributed by atoms with E-state index in [2.05, 4.69) is 5.32 Å². The van der Waals surface area contributed by atoms with Gasteiger partial charge in [0.05, 0.1) is 17.3 Å². The molecule has 0 bridgehead atoms. The lowest BCUT2D eigenvalue weighted by molar-refractivity contribution is -0.149. The number of benzene rings is 2. The highest BCUT2D eigenvalue weighted by atomic mass is 32.2. The first kappa shape index (κ1) is 29.3. The van der Waals surface area contributed by atoms with Crippen molar-refractivity contribution in [3.05, 3.63) is 76.9 Å². The first-order chi connectivity index (χ1) is 18.0. The van der Waals surface area contributed by atoms with Crippen molar-refractivity contribution in [1.82, 2.24) is 15.1 Å². The number of hydrogen-bond acceptors (Lipinski definition) is 6. The normalized spacial score (nSPS) is 20.1. The monoisotopic (exact) mass is 539 g/mol. The van der Waals surface area contributed by atoms with Gasteiger partial charge in [-0.25, -0.2) is 0 Å². The third-order valence-corrected chi connectivity index (χ3v) is 8.16. The molecule has 38 heavy (non-hydrogen) atoms. The average Bonchev–Trinajstić information content (AvgIpc) is 3.01. The van der Waals surface area contributed by atoms with Gasteiger partial charge in [0.2, 0.25) is 5.91 Å². The molecular weight excluding hydrogens is 502 g/mol. The summed E-state index contributed by atoms with van der Waals surface area (Å²) in [6, 6.07) is 12.1. The standard InChI is InChI=1S/C29H37N3O5S/c1-6-18(2)16-31-21(5)38-17-32(20(4)28(31)36)29(37)26(34)24(15-22-11-8-7-9-12-22)30-27(35)23-13-10-14-25(33)19(23)3/h6-14,20-21,24,26,33-34H,15-17H2,1-5H3,(H,30,35)/b18-6-/t20-,21?,24-,26-/m0/s1. The van der Waals surface area contributed by atoms with Crippen molar-refractivity contribution in [2.75, 3.05) is 12.4 Å². The topological polar surface area (TPSA) is 110 Å². The molecule has 0 aliphatic carbocycles. The number of aromatic hydroxyl groups is 1. The van der Waals surface area contributed by atoms with Crippen molar-refractivity contribution in [2.45, 2.75) is 64.6 Å². The quantitative estimate of drug-likeness (QED) is 0.443. The van der Waals surface area contributed by atoms with Crippen LogP contribution in [-0.2, 0) is 16.0 Å². The Balaban J connectivity index is 1.86. The van der Waals surface area contributed by atoms with Crippen LogP contribution in [0.5, 0.6) is 5.75 Å². The molecule has 204 valence electrons. The van der Waals surface area contributed by atoms with Crippen LogP contribution in [0.3, 0.4) is 0 Å². The fraction of sp³-hybridized carbons (Fsp3) is 0.414. The van der Waals surface area contributed by atoms with E-state index in [0.717, 1.165) is 11.1 Å². The smallest absolute Gasteiger partial charge is 0.254 e. The number of allylic oxidation sites excluding steroid dienone is 1. The fourth-order valence-electron chi connectivity index (χ4n) is 4.33. The fourth-order valence-corrected chi connectivity index (χ4v) is 5.42. The van der Waals surface area contributed by atoms with Crippen molar-refractivity contribution in [1.29, 1.82) is 0 Å². The number of phenolic OH excluding ortho intramolecular Hbond substituents is 1. The van der Waals surface area contributed by atoms with Gasteiger partial charge in [-0.2, -0.15) is 0 Å². The Bertz CT molecular complexity index is 1190. The van der Waals surface area contributed by atoms with Crippen LogP contribution in [0, 0.1) is 6.92 Å². The maximum atomic E-state index is 13.7. The molecule has 1 heterocycles. The molecule has 0 radical (unpaired) electrons. The summed E-state index contributed by atoms with van der Waals surface area (Å²) in [4.78, 5) is 43.3. The Kier molecular flexibility index (Phi) is 9.99. The summed E-state index contributed by atoms with van der Waals surface area (Å²) in [5.74, 6) is -1.11. The minimum Gasteiger partial charge on any atom is -0.508 e. The molecule has 1 fully saturated rings. The predicted molar refractivity (Wildman–Crippen MR) is 150 cm³/mol. The van der Waals surface area contributed by atoms with E-state index in [9.17, 15) is 24.6 Å². The number of aliphatic hydroxyl groups excluding tert-OH is 1. The molecule has 1 unspecified atom stereocenters. The Labute approximate surface area is 228 Å². The van der Waals surface area contributed by atoms with Gasteiger partial charge >= 0.3 is 0 Å². The van der Waals surface area contributed by atoms with Gasteiger partial charge in [0.1, 0.15) is 11.8 Å². The Morgan fingerprint density at radius 3 is 2.50 bits per heavy atom. The first-order valence-corrected chi connectivity index (χ1v) is 13.8. The van der Waals surface area contributed by atoms with Gasteiger partial charge in [0.25, 0.3) is 11.8 Å². The lowest BCUT2D eigenvalue weighted by Crippen LogP contribution is -2.56. The van der Waals surface area contributed by atoms with E-state index in [-0.39, 0.29) is 34.9 Å². The Morgan fingerprint density at radius 2 is 1.84 bits per heavy atom. The van der Waals surface area contributed by atoms with E-state index in [1.807, 2.05) is 57.2 Å². The third-order valence-electron chi connectivity index (χ3n) is 7.00. The van der Waals surface area contributed by atoms with Crippen LogP contribution in [-0.4, -0.2) is 73.7 Å². The predicted octanol–water partition coefficient (Wildman–Crippen LogP) is 3.46. The number of aliphatic hydroxyl groups is 1. The van der Waals surface area contributed by atoms with Crippen molar-refractivity contribution in [2.24, 2.45) is 0 Å². The molecule has 3 N–H and O–H groups in total. The summed E-state index contributed by atoms with van der Waals surface area (Å²) in [5.41, 5.74) is 2.53. The third kappa shape index (κ3) is 6.76. The molecule has 1 aliphatic rings.